The molecule has 2 aromatic carbocycles. The highest BCUT2D eigenvalue weighted by molar-refractivity contribution is 7.17. The van der Waals surface area contributed by atoms with Crippen LogP contribution in [0.2, 0.25) is 5.02 Å². The van der Waals surface area contributed by atoms with Crippen LogP contribution in [0.1, 0.15) is 23.2 Å². The lowest BCUT2D eigenvalue weighted by Gasteiger charge is -2.14. The summed E-state index contributed by atoms with van der Waals surface area (Å²) in [5, 5.41) is 3.38. The molecule has 0 atom stereocenters. The van der Waals surface area contributed by atoms with E-state index in [1.165, 1.54) is 11.3 Å². The zero-order chi connectivity index (χ0) is 18.3. The Bertz CT molecular complexity index is 1030. The van der Waals surface area contributed by atoms with Gasteiger partial charge in [0.1, 0.15) is 5.52 Å². The number of halogens is 1. The molecule has 26 heavy (non-hydrogen) atoms. The molecule has 0 spiro atoms. The first-order valence-corrected chi connectivity index (χ1v) is 9.09. The highest BCUT2D eigenvalue weighted by Gasteiger charge is 2.30. The number of nitrogens with one attached hydrogen (secondary N) is 1. The lowest BCUT2D eigenvalue weighted by atomic mass is 10.1. The Labute approximate surface area is 157 Å². The summed E-state index contributed by atoms with van der Waals surface area (Å²) >= 11 is 7.49. The number of imide groups is 1. The highest BCUT2D eigenvalue weighted by Crippen LogP contribution is 2.32. The van der Waals surface area contributed by atoms with Crippen molar-refractivity contribution >= 4 is 62.3 Å². The number of thiazole rings is 1. The van der Waals surface area contributed by atoms with Crippen LogP contribution in [0.15, 0.2) is 41.9 Å². The summed E-state index contributed by atoms with van der Waals surface area (Å²) in [6, 6.07) is 9.79. The number of fused-ring (bicyclic) bond motifs is 1. The van der Waals surface area contributed by atoms with Crippen LogP contribution in [0.5, 0.6) is 0 Å². The number of aromatic nitrogens is 1. The zero-order valence-corrected chi connectivity index (χ0v) is 14.9. The topological polar surface area (TPSA) is 79.4 Å². The van der Waals surface area contributed by atoms with Gasteiger partial charge in [0.2, 0.25) is 11.8 Å². The van der Waals surface area contributed by atoms with E-state index in [0.717, 1.165) is 9.60 Å². The summed E-state index contributed by atoms with van der Waals surface area (Å²) < 4.78 is 0.802. The molecule has 6 nitrogen and oxygen atoms in total. The number of hydrogen-bond donors (Lipinski definition) is 1. The minimum Gasteiger partial charge on any atom is -0.321 e. The Morgan fingerprint density at radius 2 is 1.77 bits per heavy atom. The third-order valence-corrected chi connectivity index (χ3v) is 5.29. The van der Waals surface area contributed by atoms with Crippen LogP contribution in [0.4, 0.5) is 11.4 Å². The SMILES string of the molecule is O=C(Nc1ccc(Cl)c2ncsc12)c1ccc(N2C(=O)CCC2=O)cc1. The molecule has 130 valence electrons. The molecule has 0 unspecified atom stereocenters. The molecule has 8 heteroatoms. The summed E-state index contributed by atoms with van der Waals surface area (Å²) in [5.41, 5.74) is 3.85. The Morgan fingerprint density at radius 3 is 2.46 bits per heavy atom. The molecular weight excluding hydrogens is 374 g/mol. The molecule has 3 aromatic rings. The number of hydrogen-bond acceptors (Lipinski definition) is 5. The van der Waals surface area contributed by atoms with Gasteiger partial charge >= 0.3 is 0 Å². The van der Waals surface area contributed by atoms with Crippen LogP contribution < -0.4 is 10.2 Å². The van der Waals surface area contributed by atoms with Gasteiger partial charge in [-0.25, -0.2) is 4.98 Å². The Hall–Kier alpha value is -2.77. The van der Waals surface area contributed by atoms with Gasteiger partial charge in [-0.2, -0.15) is 0 Å². The van der Waals surface area contributed by atoms with Gasteiger partial charge in [-0.3, -0.25) is 19.3 Å². The summed E-state index contributed by atoms with van der Waals surface area (Å²) in [4.78, 5) is 41.4. The normalized spacial score (nSPS) is 14.3. The van der Waals surface area contributed by atoms with Gasteiger partial charge < -0.3 is 5.32 Å². The van der Waals surface area contributed by atoms with Gasteiger partial charge in [-0.1, -0.05) is 11.6 Å². The fourth-order valence-corrected chi connectivity index (χ4v) is 3.88. The van der Waals surface area contributed by atoms with Crippen LogP contribution in [0.3, 0.4) is 0 Å². The molecule has 0 radical (unpaired) electrons. The minimum absolute atomic E-state index is 0.221. The van der Waals surface area contributed by atoms with Crippen LogP contribution >= 0.6 is 22.9 Å². The predicted octanol–water partition coefficient (Wildman–Crippen LogP) is 3.86. The Kier molecular flexibility index (Phi) is 4.18. The molecular formula is C18H12ClN3O3S. The number of amides is 3. The molecule has 0 bridgehead atoms. The van der Waals surface area contributed by atoms with E-state index in [-0.39, 0.29) is 30.6 Å². The molecule has 1 saturated heterocycles. The van der Waals surface area contributed by atoms with Crippen molar-refractivity contribution in [2.45, 2.75) is 12.8 Å². The van der Waals surface area contributed by atoms with Crippen molar-refractivity contribution in [1.29, 1.82) is 0 Å². The molecule has 2 heterocycles. The highest BCUT2D eigenvalue weighted by atomic mass is 35.5. The Balaban J connectivity index is 1.57. The van der Waals surface area contributed by atoms with Crippen molar-refractivity contribution in [3.05, 3.63) is 52.5 Å². The third-order valence-electron chi connectivity index (χ3n) is 4.12. The van der Waals surface area contributed by atoms with E-state index in [1.54, 1.807) is 41.9 Å². The first-order valence-electron chi connectivity index (χ1n) is 7.83. The average molecular weight is 386 g/mol. The minimum atomic E-state index is -0.298. The van der Waals surface area contributed by atoms with Crippen LogP contribution in [0.25, 0.3) is 10.2 Å². The summed E-state index contributed by atoms with van der Waals surface area (Å²) in [6.07, 6.45) is 0.449. The third kappa shape index (κ3) is 2.85. The molecule has 0 aliphatic carbocycles. The maximum atomic E-state index is 12.5. The van der Waals surface area contributed by atoms with Crippen molar-refractivity contribution in [2.24, 2.45) is 0 Å². The zero-order valence-electron chi connectivity index (χ0n) is 13.4. The first kappa shape index (κ1) is 16.7. The van der Waals surface area contributed by atoms with Gasteiger partial charge in [-0.05, 0) is 36.4 Å². The second-order valence-electron chi connectivity index (χ2n) is 5.75. The number of nitrogens with zero attached hydrogens (tertiary/aromatic N) is 2. The molecule has 1 aromatic heterocycles. The van der Waals surface area contributed by atoms with E-state index in [4.69, 9.17) is 11.6 Å². The van der Waals surface area contributed by atoms with Crippen molar-refractivity contribution in [3.63, 3.8) is 0 Å². The largest absolute Gasteiger partial charge is 0.321 e. The fourth-order valence-electron chi connectivity index (χ4n) is 2.84. The summed E-state index contributed by atoms with van der Waals surface area (Å²) in [6.45, 7) is 0. The molecule has 1 N–H and O–H groups in total. The molecule has 4 rings (SSSR count). The second-order valence-corrected chi connectivity index (χ2v) is 7.01. The quantitative estimate of drug-likeness (QED) is 0.694. The molecule has 1 aliphatic heterocycles. The van der Waals surface area contributed by atoms with Gasteiger partial charge in [-0.15, -0.1) is 11.3 Å². The summed E-state index contributed by atoms with van der Waals surface area (Å²) in [5.74, 6) is -0.741. The lowest BCUT2D eigenvalue weighted by Crippen LogP contribution is -2.28. The van der Waals surface area contributed by atoms with E-state index in [9.17, 15) is 14.4 Å². The van der Waals surface area contributed by atoms with Crippen LogP contribution in [-0.4, -0.2) is 22.7 Å². The van der Waals surface area contributed by atoms with Gasteiger partial charge in [0.15, 0.2) is 0 Å². The number of carbonyl (C=O) groups excluding carboxylic acids is 3. The maximum absolute atomic E-state index is 12.5. The molecule has 3 amide bonds. The van der Waals surface area contributed by atoms with E-state index in [2.05, 4.69) is 10.3 Å². The van der Waals surface area contributed by atoms with E-state index in [0.29, 0.717) is 27.5 Å². The predicted molar refractivity (Wildman–Crippen MR) is 101 cm³/mol. The molecule has 0 saturated carbocycles. The second kappa shape index (κ2) is 6.51. The maximum Gasteiger partial charge on any atom is 0.255 e. The van der Waals surface area contributed by atoms with Crippen molar-refractivity contribution in [3.8, 4) is 0 Å². The van der Waals surface area contributed by atoms with Crippen LogP contribution in [-0.2, 0) is 9.59 Å². The van der Waals surface area contributed by atoms with E-state index < -0.39 is 0 Å². The monoisotopic (exact) mass is 385 g/mol. The van der Waals surface area contributed by atoms with Crippen LogP contribution in [0, 0.1) is 0 Å². The number of rotatable bonds is 3. The van der Waals surface area contributed by atoms with E-state index in [1.807, 2.05) is 0 Å². The number of carbonyl (C=O) groups is 3. The first-order chi connectivity index (χ1) is 12.5. The van der Waals surface area contributed by atoms with Crippen molar-refractivity contribution < 1.29 is 14.4 Å². The van der Waals surface area contributed by atoms with Crippen molar-refractivity contribution in [2.75, 3.05) is 10.2 Å². The van der Waals surface area contributed by atoms with Gasteiger partial charge in [0.05, 0.1) is 26.6 Å². The lowest BCUT2D eigenvalue weighted by molar-refractivity contribution is -0.121. The average Bonchev–Trinajstić information content (AvgIpc) is 3.25. The standard InChI is InChI=1S/C18H12ClN3O3S/c19-12-5-6-13(17-16(12)20-9-26-17)21-18(25)10-1-3-11(4-2-10)22-14(23)7-8-15(22)24/h1-6,9H,7-8H2,(H,21,25). The summed E-state index contributed by atoms with van der Waals surface area (Å²) in [7, 11) is 0. The van der Waals surface area contributed by atoms with Crippen molar-refractivity contribution in [1.82, 2.24) is 4.98 Å². The van der Waals surface area contributed by atoms with Gasteiger partial charge in [0.25, 0.3) is 5.91 Å². The van der Waals surface area contributed by atoms with Gasteiger partial charge in [0, 0.05) is 18.4 Å². The molecule has 1 aliphatic rings. The Morgan fingerprint density at radius 1 is 1.08 bits per heavy atom. The van der Waals surface area contributed by atoms with E-state index >= 15 is 0 Å². The fraction of sp³-hybridized carbons (Fsp3) is 0.111. The number of benzene rings is 2. The molecule has 1 fully saturated rings. The number of anilines is 2. The smallest absolute Gasteiger partial charge is 0.255 e.